The van der Waals surface area contributed by atoms with Gasteiger partial charge in [-0.1, -0.05) is 12.1 Å². The molecule has 0 aliphatic rings. The SMILES string of the molecule is C/C(CCN)=N/OCC(C)[C@@H](C)NC(=O)O. The van der Waals surface area contributed by atoms with Crippen molar-refractivity contribution < 1.29 is 14.7 Å². The zero-order valence-corrected chi connectivity index (χ0v) is 10.1. The van der Waals surface area contributed by atoms with Crippen LogP contribution in [0, 0.1) is 5.92 Å². The minimum atomic E-state index is -1.03. The first kappa shape index (κ1) is 14.7. The van der Waals surface area contributed by atoms with E-state index in [1.54, 1.807) is 6.92 Å². The lowest BCUT2D eigenvalue weighted by atomic mass is 10.1. The Balaban J connectivity index is 3.83. The summed E-state index contributed by atoms with van der Waals surface area (Å²) in [7, 11) is 0. The number of rotatable bonds is 7. The molecule has 16 heavy (non-hydrogen) atoms. The molecule has 6 heteroatoms. The van der Waals surface area contributed by atoms with E-state index in [1.165, 1.54) is 0 Å². The lowest BCUT2D eigenvalue weighted by molar-refractivity contribution is 0.0985. The Bertz CT molecular complexity index is 243. The first-order valence-electron chi connectivity index (χ1n) is 5.32. The number of carboxylic acid groups (broad SMARTS) is 1. The quantitative estimate of drug-likeness (QED) is 0.450. The zero-order valence-electron chi connectivity index (χ0n) is 10.1. The molecule has 0 aromatic rings. The maximum atomic E-state index is 10.4. The number of nitrogens with zero attached hydrogens (tertiary/aromatic N) is 1. The summed E-state index contributed by atoms with van der Waals surface area (Å²) in [4.78, 5) is 15.5. The first-order valence-corrected chi connectivity index (χ1v) is 5.32. The van der Waals surface area contributed by atoms with Gasteiger partial charge in [0.2, 0.25) is 0 Å². The lowest BCUT2D eigenvalue weighted by Gasteiger charge is -2.18. The molecule has 2 atom stereocenters. The van der Waals surface area contributed by atoms with Crippen LogP contribution in [-0.2, 0) is 4.84 Å². The van der Waals surface area contributed by atoms with Gasteiger partial charge < -0.3 is 21.0 Å². The lowest BCUT2D eigenvalue weighted by Crippen LogP contribution is -2.37. The Morgan fingerprint density at radius 3 is 2.69 bits per heavy atom. The van der Waals surface area contributed by atoms with Crippen LogP contribution in [0.3, 0.4) is 0 Å². The third-order valence-electron chi connectivity index (χ3n) is 2.27. The van der Waals surface area contributed by atoms with Crippen LogP contribution in [0.15, 0.2) is 5.16 Å². The number of amides is 1. The van der Waals surface area contributed by atoms with Crippen LogP contribution in [-0.4, -0.2) is 36.1 Å². The van der Waals surface area contributed by atoms with E-state index < -0.39 is 6.09 Å². The second-order valence-corrected chi connectivity index (χ2v) is 3.88. The molecule has 0 saturated carbocycles. The van der Waals surface area contributed by atoms with Crippen molar-refractivity contribution in [3.05, 3.63) is 0 Å². The molecule has 94 valence electrons. The van der Waals surface area contributed by atoms with Gasteiger partial charge in [-0.3, -0.25) is 0 Å². The van der Waals surface area contributed by atoms with Crippen molar-refractivity contribution >= 4 is 11.8 Å². The van der Waals surface area contributed by atoms with E-state index >= 15 is 0 Å². The van der Waals surface area contributed by atoms with Crippen LogP contribution in [0.4, 0.5) is 4.79 Å². The molecule has 0 saturated heterocycles. The molecule has 0 aromatic heterocycles. The van der Waals surface area contributed by atoms with Gasteiger partial charge in [-0.15, -0.1) is 0 Å². The topological polar surface area (TPSA) is 96.9 Å². The summed E-state index contributed by atoms with van der Waals surface area (Å²) in [5, 5.41) is 14.8. The molecule has 1 amide bonds. The summed E-state index contributed by atoms with van der Waals surface area (Å²) in [5.74, 6) is 0.0607. The largest absolute Gasteiger partial charge is 0.465 e. The molecule has 0 aliphatic carbocycles. The average molecular weight is 231 g/mol. The summed E-state index contributed by atoms with van der Waals surface area (Å²) in [6.45, 7) is 6.46. The van der Waals surface area contributed by atoms with Gasteiger partial charge in [0.05, 0.1) is 5.71 Å². The zero-order chi connectivity index (χ0) is 12.6. The van der Waals surface area contributed by atoms with Crippen LogP contribution < -0.4 is 11.1 Å². The molecule has 6 nitrogen and oxygen atoms in total. The number of carbonyl (C=O) groups is 1. The smallest absolute Gasteiger partial charge is 0.404 e. The van der Waals surface area contributed by atoms with Crippen LogP contribution in [0.1, 0.15) is 27.2 Å². The molecular formula is C10H21N3O3. The van der Waals surface area contributed by atoms with E-state index in [9.17, 15) is 4.79 Å². The number of nitrogens with two attached hydrogens (primary N) is 1. The summed E-state index contributed by atoms with van der Waals surface area (Å²) >= 11 is 0. The normalized spacial score (nSPS) is 15.4. The molecule has 1 unspecified atom stereocenters. The van der Waals surface area contributed by atoms with E-state index in [-0.39, 0.29) is 12.0 Å². The third kappa shape index (κ3) is 7.05. The monoisotopic (exact) mass is 231 g/mol. The highest BCUT2D eigenvalue weighted by Gasteiger charge is 2.14. The number of hydrogen-bond donors (Lipinski definition) is 3. The van der Waals surface area contributed by atoms with Gasteiger partial charge >= 0.3 is 6.09 Å². The fourth-order valence-electron chi connectivity index (χ4n) is 1.00. The van der Waals surface area contributed by atoms with Crippen molar-refractivity contribution in [2.24, 2.45) is 16.8 Å². The minimum Gasteiger partial charge on any atom is -0.465 e. The molecule has 0 fully saturated rings. The average Bonchev–Trinajstić information content (AvgIpc) is 2.16. The van der Waals surface area contributed by atoms with Crippen LogP contribution >= 0.6 is 0 Å². The van der Waals surface area contributed by atoms with Crippen LogP contribution in [0.25, 0.3) is 0 Å². The molecule has 0 bridgehead atoms. The Morgan fingerprint density at radius 1 is 1.56 bits per heavy atom. The molecule has 0 spiro atoms. The van der Waals surface area contributed by atoms with Gasteiger partial charge in [0.15, 0.2) is 0 Å². The molecule has 4 N–H and O–H groups in total. The van der Waals surface area contributed by atoms with Gasteiger partial charge in [-0.2, -0.15) is 0 Å². The summed E-state index contributed by atoms with van der Waals surface area (Å²) in [5.41, 5.74) is 6.19. The Labute approximate surface area is 95.8 Å². The summed E-state index contributed by atoms with van der Waals surface area (Å²) < 4.78 is 0. The standard InChI is InChI=1S/C10H21N3O3/c1-7(9(3)12-10(14)15)6-16-13-8(2)4-5-11/h7,9,12H,4-6,11H2,1-3H3,(H,14,15)/b13-8-/t7?,9-/m1/s1. The van der Waals surface area contributed by atoms with E-state index in [4.69, 9.17) is 15.7 Å². The maximum absolute atomic E-state index is 10.4. The predicted octanol–water partition coefficient (Wildman–Crippen LogP) is 1.02. The predicted molar refractivity (Wildman–Crippen MR) is 62.5 cm³/mol. The highest BCUT2D eigenvalue weighted by atomic mass is 16.6. The Kier molecular flexibility index (Phi) is 7.28. The van der Waals surface area contributed by atoms with Gasteiger partial charge in [-0.05, 0) is 20.4 Å². The van der Waals surface area contributed by atoms with Crippen molar-refractivity contribution in [3.63, 3.8) is 0 Å². The molecule has 0 aromatic carbocycles. The maximum Gasteiger partial charge on any atom is 0.404 e. The molecule has 0 rings (SSSR count). The molecule has 0 aliphatic heterocycles. The van der Waals surface area contributed by atoms with E-state index in [0.29, 0.717) is 19.6 Å². The van der Waals surface area contributed by atoms with Gasteiger partial charge in [-0.25, -0.2) is 4.79 Å². The Hall–Kier alpha value is -1.30. The van der Waals surface area contributed by atoms with Crippen molar-refractivity contribution in [2.75, 3.05) is 13.2 Å². The fraction of sp³-hybridized carbons (Fsp3) is 0.800. The number of nitrogens with one attached hydrogen (secondary N) is 1. The van der Waals surface area contributed by atoms with Crippen molar-refractivity contribution in [1.82, 2.24) is 5.32 Å². The van der Waals surface area contributed by atoms with Crippen molar-refractivity contribution in [3.8, 4) is 0 Å². The van der Waals surface area contributed by atoms with Gasteiger partial charge in [0.25, 0.3) is 0 Å². The second-order valence-electron chi connectivity index (χ2n) is 3.88. The summed E-state index contributed by atoms with van der Waals surface area (Å²) in [6.07, 6.45) is -0.320. The van der Waals surface area contributed by atoms with Crippen LogP contribution in [0.2, 0.25) is 0 Å². The highest BCUT2D eigenvalue weighted by Crippen LogP contribution is 2.03. The van der Waals surface area contributed by atoms with Crippen molar-refractivity contribution in [2.45, 2.75) is 33.2 Å². The molecular weight excluding hydrogens is 210 g/mol. The van der Waals surface area contributed by atoms with E-state index in [1.807, 2.05) is 13.8 Å². The highest BCUT2D eigenvalue weighted by molar-refractivity contribution is 5.81. The van der Waals surface area contributed by atoms with E-state index in [2.05, 4.69) is 10.5 Å². The Morgan fingerprint density at radius 2 is 2.19 bits per heavy atom. The molecule has 0 heterocycles. The number of oxime groups is 1. The van der Waals surface area contributed by atoms with Gasteiger partial charge in [0.1, 0.15) is 6.61 Å². The molecule has 0 radical (unpaired) electrons. The van der Waals surface area contributed by atoms with Crippen molar-refractivity contribution in [1.29, 1.82) is 0 Å². The van der Waals surface area contributed by atoms with Gasteiger partial charge in [0, 0.05) is 18.4 Å². The fourth-order valence-corrected chi connectivity index (χ4v) is 1.00. The van der Waals surface area contributed by atoms with E-state index in [0.717, 1.165) is 5.71 Å². The van der Waals surface area contributed by atoms with Crippen LogP contribution in [0.5, 0.6) is 0 Å². The second kappa shape index (κ2) is 7.92. The number of hydrogen-bond acceptors (Lipinski definition) is 4. The minimum absolute atomic E-state index is 0.0607. The third-order valence-corrected chi connectivity index (χ3v) is 2.27. The first-order chi connectivity index (χ1) is 7.47. The summed E-state index contributed by atoms with van der Waals surface area (Å²) in [6, 6.07) is -0.164.